The number of pyridine rings is 1. The maximum atomic E-state index is 10.3. The van der Waals surface area contributed by atoms with Crippen molar-refractivity contribution in [2.45, 2.75) is 38.3 Å². The third-order valence-corrected chi connectivity index (χ3v) is 4.46. The molecule has 0 radical (unpaired) electrons. The summed E-state index contributed by atoms with van der Waals surface area (Å²) in [5, 5.41) is 13.8. The molecular weight excluding hydrogens is 260 g/mol. The molecule has 3 rings (SSSR count). The second-order valence-corrected chi connectivity index (χ2v) is 5.97. The molecule has 0 unspecified atom stereocenters. The van der Waals surface area contributed by atoms with E-state index in [9.17, 15) is 5.11 Å². The van der Waals surface area contributed by atoms with E-state index in [0.29, 0.717) is 18.5 Å². The van der Waals surface area contributed by atoms with Gasteiger partial charge in [-0.05, 0) is 53.6 Å². The number of nitrogens with zero attached hydrogens (tertiary/aromatic N) is 1. The Morgan fingerprint density at radius 2 is 2.05 bits per heavy atom. The first-order valence-corrected chi connectivity index (χ1v) is 7.57. The van der Waals surface area contributed by atoms with E-state index in [4.69, 9.17) is 0 Å². The minimum atomic E-state index is -0.489. The van der Waals surface area contributed by atoms with Crippen LogP contribution in [0.25, 0.3) is 0 Å². The van der Waals surface area contributed by atoms with Gasteiger partial charge in [0.15, 0.2) is 0 Å². The number of hydrogen-bond donors (Lipinski definition) is 2. The molecule has 0 saturated heterocycles. The summed E-state index contributed by atoms with van der Waals surface area (Å²) in [6.07, 6.45) is 4.05. The van der Waals surface area contributed by atoms with E-state index in [2.05, 4.69) is 42.3 Å². The van der Waals surface area contributed by atoms with Crippen molar-refractivity contribution in [3.8, 4) is 0 Å². The van der Waals surface area contributed by atoms with Crippen molar-refractivity contribution in [3.63, 3.8) is 0 Å². The van der Waals surface area contributed by atoms with Gasteiger partial charge < -0.3 is 10.4 Å². The molecule has 21 heavy (non-hydrogen) atoms. The highest BCUT2D eigenvalue weighted by Gasteiger charge is 2.29. The molecule has 1 aromatic heterocycles. The number of fused-ring (bicyclic) bond motifs is 1. The van der Waals surface area contributed by atoms with Crippen LogP contribution in [-0.4, -0.2) is 16.6 Å². The van der Waals surface area contributed by atoms with Crippen LogP contribution < -0.4 is 5.32 Å². The van der Waals surface area contributed by atoms with Crippen molar-refractivity contribution in [3.05, 3.63) is 65.0 Å². The zero-order chi connectivity index (χ0) is 14.8. The molecular formula is C18H22N2O. The lowest BCUT2D eigenvalue weighted by Gasteiger charge is -2.18. The lowest BCUT2D eigenvalue weighted by atomic mass is 9.98. The Balaban J connectivity index is 1.69. The van der Waals surface area contributed by atoms with Gasteiger partial charge in [0, 0.05) is 25.0 Å². The normalized spacial score (nSPS) is 22.0. The molecule has 0 spiro atoms. The second kappa shape index (κ2) is 5.96. The molecule has 0 aliphatic heterocycles. The summed E-state index contributed by atoms with van der Waals surface area (Å²) in [7, 11) is 0. The molecule has 1 aliphatic rings. The molecule has 1 aromatic carbocycles. The monoisotopic (exact) mass is 282 g/mol. The highest BCUT2D eigenvalue weighted by molar-refractivity contribution is 5.43. The quantitative estimate of drug-likeness (QED) is 0.904. The smallest absolute Gasteiger partial charge is 0.0915 e. The summed E-state index contributed by atoms with van der Waals surface area (Å²) < 4.78 is 0. The fourth-order valence-corrected chi connectivity index (χ4v) is 3.43. The minimum Gasteiger partial charge on any atom is -0.387 e. The Bertz CT molecular complexity index is 612. The van der Waals surface area contributed by atoms with Gasteiger partial charge in [-0.3, -0.25) is 4.98 Å². The van der Waals surface area contributed by atoms with Gasteiger partial charge >= 0.3 is 0 Å². The first-order chi connectivity index (χ1) is 10.2. The van der Waals surface area contributed by atoms with Crippen molar-refractivity contribution in [1.82, 2.24) is 10.3 Å². The average Bonchev–Trinajstić information content (AvgIpc) is 2.83. The van der Waals surface area contributed by atoms with Crippen LogP contribution in [0.15, 0.2) is 42.7 Å². The molecule has 2 aromatic rings. The van der Waals surface area contributed by atoms with E-state index in [0.717, 1.165) is 12.0 Å². The predicted molar refractivity (Wildman–Crippen MR) is 84.2 cm³/mol. The first-order valence-electron chi connectivity index (χ1n) is 7.57. The molecule has 110 valence electrons. The number of rotatable bonds is 4. The summed E-state index contributed by atoms with van der Waals surface area (Å²) in [4.78, 5) is 3.98. The van der Waals surface area contributed by atoms with Crippen molar-refractivity contribution in [2.24, 2.45) is 0 Å². The zero-order valence-corrected chi connectivity index (χ0v) is 12.6. The zero-order valence-electron chi connectivity index (χ0n) is 12.6. The second-order valence-electron chi connectivity index (χ2n) is 5.97. The van der Waals surface area contributed by atoms with Gasteiger partial charge in [0.05, 0.1) is 6.10 Å². The van der Waals surface area contributed by atoms with Gasteiger partial charge in [-0.1, -0.05) is 25.1 Å². The Morgan fingerprint density at radius 1 is 1.29 bits per heavy atom. The van der Waals surface area contributed by atoms with Crippen LogP contribution in [0.1, 0.15) is 53.7 Å². The van der Waals surface area contributed by atoms with E-state index in [1.807, 2.05) is 12.1 Å². The lowest BCUT2D eigenvalue weighted by molar-refractivity contribution is 0.169. The largest absolute Gasteiger partial charge is 0.387 e. The number of benzene rings is 1. The SMILES string of the molecule is Cc1cccc2c1[C@H](C)C[C@@H]2NC[C@@H](O)c1ccncc1. The summed E-state index contributed by atoms with van der Waals surface area (Å²) in [6, 6.07) is 10.6. The molecule has 0 saturated carbocycles. The number of aromatic nitrogens is 1. The summed E-state index contributed by atoms with van der Waals surface area (Å²) in [5.41, 5.74) is 5.16. The molecule has 3 heteroatoms. The Hall–Kier alpha value is -1.71. The lowest BCUT2D eigenvalue weighted by Crippen LogP contribution is -2.25. The fraction of sp³-hybridized carbons (Fsp3) is 0.389. The van der Waals surface area contributed by atoms with E-state index in [-0.39, 0.29) is 0 Å². The van der Waals surface area contributed by atoms with Crippen LogP contribution in [0.4, 0.5) is 0 Å². The molecule has 2 N–H and O–H groups in total. The molecule has 1 aliphatic carbocycles. The molecule has 0 bridgehead atoms. The van der Waals surface area contributed by atoms with Gasteiger partial charge in [0.1, 0.15) is 0 Å². The molecule has 1 heterocycles. The number of aliphatic hydroxyl groups is 1. The van der Waals surface area contributed by atoms with Crippen LogP contribution in [0.2, 0.25) is 0 Å². The molecule has 0 amide bonds. The minimum absolute atomic E-state index is 0.339. The van der Waals surface area contributed by atoms with Crippen LogP contribution >= 0.6 is 0 Å². The van der Waals surface area contributed by atoms with Crippen molar-refractivity contribution in [1.29, 1.82) is 0 Å². The van der Waals surface area contributed by atoms with Gasteiger partial charge in [0.2, 0.25) is 0 Å². The molecule has 0 fully saturated rings. The molecule has 3 nitrogen and oxygen atoms in total. The maximum absolute atomic E-state index is 10.3. The standard InChI is InChI=1S/C18H22N2O/c1-12-4-3-5-15-16(10-13(2)18(12)15)20-11-17(21)14-6-8-19-9-7-14/h3-9,13,16-17,20-21H,10-11H2,1-2H3/t13-,16+,17-/m1/s1. The Kier molecular flexibility index (Phi) is 4.04. The number of aliphatic hydroxyl groups excluding tert-OH is 1. The summed E-state index contributed by atoms with van der Waals surface area (Å²) >= 11 is 0. The maximum Gasteiger partial charge on any atom is 0.0915 e. The number of nitrogens with one attached hydrogen (secondary N) is 1. The molecule has 3 atom stereocenters. The highest BCUT2D eigenvalue weighted by atomic mass is 16.3. The topological polar surface area (TPSA) is 45.1 Å². The van der Waals surface area contributed by atoms with Crippen LogP contribution in [-0.2, 0) is 0 Å². The summed E-state index contributed by atoms with van der Waals surface area (Å²) in [6.45, 7) is 5.03. The van der Waals surface area contributed by atoms with E-state index in [1.54, 1.807) is 12.4 Å². The van der Waals surface area contributed by atoms with E-state index >= 15 is 0 Å². The number of aryl methyl sites for hydroxylation is 1. The Morgan fingerprint density at radius 3 is 2.81 bits per heavy atom. The van der Waals surface area contributed by atoms with Crippen molar-refractivity contribution in [2.75, 3.05) is 6.54 Å². The van der Waals surface area contributed by atoms with Crippen LogP contribution in [0, 0.1) is 6.92 Å². The Labute approximate surface area is 126 Å². The van der Waals surface area contributed by atoms with E-state index < -0.39 is 6.10 Å². The third-order valence-electron chi connectivity index (χ3n) is 4.46. The van der Waals surface area contributed by atoms with E-state index in [1.165, 1.54) is 16.7 Å². The number of hydrogen-bond acceptors (Lipinski definition) is 3. The van der Waals surface area contributed by atoms with Gasteiger partial charge in [-0.2, -0.15) is 0 Å². The van der Waals surface area contributed by atoms with Crippen LogP contribution in [0.5, 0.6) is 0 Å². The van der Waals surface area contributed by atoms with Gasteiger partial charge in [-0.15, -0.1) is 0 Å². The first kappa shape index (κ1) is 14.2. The van der Waals surface area contributed by atoms with Crippen molar-refractivity contribution >= 4 is 0 Å². The average molecular weight is 282 g/mol. The fourth-order valence-electron chi connectivity index (χ4n) is 3.43. The predicted octanol–water partition coefficient (Wildman–Crippen LogP) is 3.26. The van der Waals surface area contributed by atoms with Crippen LogP contribution in [0.3, 0.4) is 0 Å². The van der Waals surface area contributed by atoms with Gasteiger partial charge in [-0.25, -0.2) is 0 Å². The summed E-state index contributed by atoms with van der Waals surface area (Å²) in [5.74, 6) is 0.580. The van der Waals surface area contributed by atoms with Gasteiger partial charge in [0.25, 0.3) is 0 Å². The highest BCUT2D eigenvalue weighted by Crippen LogP contribution is 2.41. The third kappa shape index (κ3) is 2.85. The van der Waals surface area contributed by atoms with Crippen molar-refractivity contribution < 1.29 is 5.11 Å².